The fourth-order valence-corrected chi connectivity index (χ4v) is 3.52. The first-order valence-electron chi connectivity index (χ1n) is 9.62. The second kappa shape index (κ2) is 8.96. The Bertz CT molecular complexity index is 880. The Hall–Kier alpha value is -3.06. The van der Waals surface area contributed by atoms with Gasteiger partial charge in [-0.3, -0.25) is 9.59 Å². The van der Waals surface area contributed by atoms with Crippen LogP contribution in [-0.2, 0) is 16.0 Å². The van der Waals surface area contributed by atoms with Crippen LogP contribution in [0.1, 0.15) is 17.2 Å². The summed E-state index contributed by atoms with van der Waals surface area (Å²) in [5.41, 5.74) is 4.24. The van der Waals surface area contributed by atoms with E-state index in [4.69, 9.17) is 4.74 Å². The maximum Gasteiger partial charge on any atom is 0.313 e. The van der Waals surface area contributed by atoms with Crippen molar-refractivity contribution in [2.24, 2.45) is 0 Å². The van der Waals surface area contributed by atoms with Crippen LogP contribution < -0.4 is 20.3 Å². The molecule has 1 aliphatic heterocycles. The summed E-state index contributed by atoms with van der Waals surface area (Å²) in [6, 6.07) is 13.2. The van der Waals surface area contributed by atoms with E-state index in [9.17, 15) is 9.59 Å². The first-order valence-corrected chi connectivity index (χ1v) is 9.62. The van der Waals surface area contributed by atoms with Crippen LogP contribution >= 0.6 is 0 Å². The summed E-state index contributed by atoms with van der Waals surface area (Å²) >= 11 is 0. The fraction of sp³-hybridized carbons (Fsp3) is 0.364. The van der Waals surface area contributed by atoms with Crippen molar-refractivity contribution in [1.82, 2.24) is 10.2 Å². The first-order chi connectivity index (χ1) is 13.9. The number of hydrogen-bond donors (Lipinski definition) is 2. The molecule has 154 valence electrons. The van der Waals surface area contributed by atoms with E-state index in [1.165, 1.54) is 11.3 Å². The summed E-state index contributed by atoms with van der Waals surface area (Å²) in [5, 5.41) is 5.35. The van der Waals surface area contributed by atoms with Gasteiger partial charge in [-0.2, -0.15) is 0 Å². The number of carbonyl (C=O) groups excluding carboxylic acids is 2. The molecule has 2 aromatic rings. The Balaban J connectivity index is 1.61. The normalized spacial score (nSPS) is 13.8. The molecule has 3 rings (SSSR count). The number of rotatable bonds is 6. The van der Waals surface area contributed by atoms with E-state index >= 15 is 0 Å². The van der Waals surface area contributed by atoms with Gasteiger partial charge in [0, 0.05) is 31.5 Å². The lowest BCUT2D eigenvalue weighted by Gasteiger charge is -2.26. The molecule has 0 aromatic heterocycles. The highest BCUT2D eigenvalue weighted by atomic mass is 16.5. The van der Waals surface area contributed by atoms with Gasteiger partial charge in [0.2, 0.25) is 0 Å². The second-order valence-electron chi connectivity index (χ2n) is 7.43. The lowest BCUT2D eigenvalue weighted by Crippen LogP contribution is -2.40. The molecule has 2 N–H and O–H groups in total. The number of methoxy groups -OCH3 is 1. The standard InChI is InChI=1S/C22H28N4O3/c1-25(2)20(15-5-10-19-16(13-15)11-12-26(19)3)14-23-21(27)22(28)24-17-6-8-18(29-4)9-7-17/h5-10,13,20H,11-12,14H2,1-4H3,(H,23,27)(H,24,28)/t20-/m0/s1. The number of likely N-dealkylation sites (N-methyl/N-ethyl adjacent to an activating group) is 2. The van der Waals surface area contributed by atoms with Crippen LogP contribution in [0.15, 0.2) is 42.5 Å². The van der Waals surface area contributed by atoms with Crippen molar-refractivity contribution >= 4 is 23.2 Å². The van der Waals surface area contributed by atoms with Crippen LogP contribution in [0.4, 0.5) is 11.4 Å². The van der Waals surface area contributed by atoms with E-state index in [1.54, 1.807) is 31.4 Å². The van der Waals surface area contributed by atoms with Crippen molar-refractivity contribution in [1.29, 1.82) is 0 Å². The molecule has 0 saturated carbocycles. The zero-order valence-electron chi connectivity index (χ0n) is 17.4. The highest BCUT2D eigenvalue weighted by Gasteiger charge is 2.22. The molecule has 2 amide bonds. The number of hydrogen-bond acceptors (Lipinski definition) is 5. The average Bonchev–Trinajstić information content (AvgIpc) is 3.08. The third-order valence-electron chi connectivity index (χ3n) is 5.25. The molecule has 7 nitrogen and oxygen atoms in total. The summed E-state index contributed by atoms with van der Waals surface area (Å²) in [5.74, 6) is -0.668. The average molecular weight is 396 g/mol. The van der Waals surface area contributed by atoms with Gasteiger partial charge in [-0.1, -0.05) is 12.1 Å². The fourth-order valence-electron chi connectivity index (χ4n) is 3.52. The van der Waals surface area contributed by atoms with Crippen LogP contribution in [0.25, 0.3) is 0 Å². The van der Waals surface area contributed by atoms with Gasteiger partial charge in [0.15, 0.2) is 0 Å². The van der Waals surface area contributed by atoms with E-state index in [0.717, 1.165) is 18.5 Å². The number of benzene rings is 2. The minimum atomic E-state index is -0.691. The van der Waals surface area contributed by atoms with E-state index in [-0.39, 0.29) is 6.04 Å². The molecule has 1 aliphatic rings. The quantitative estimate of drug-likeness (QED) is 0.731. The highest BCUT2D eigenvalue weighted by molar-refractivity contribution is 6.39. The summed E-state index contributed by atoms with van der Waals surface area (Å²) < 4.78 is 5.09. The number of ether oxygens (including phenoxy) is 1. The minimum absolute atomic E-state index is 0.0241. The van der Waals surface area contributed by atoms with Gasteiger partial charge in [0.25, 0.3) is 0 Å². The number of nitrogens with one attached hydrogen (secondary N) is 2. The van der Waals surface area contributed by atoms with Crippen LogP contribution in [-0.4, -0.2) is 58.1 Å². The highest BCUT2D eigenvalue weighted by Crippen LogP contribution is 2.30. The van der Waals surface area contributed by atoms with E-state index in [2.05, 4.69) is 40.8 Å². The number of amides is 2. The molecule has 0 unspecified atom stereocenters. The Morgan fingerprint density at radius 1 is 1.14 bits per heavy atom. The third-order valence-corrected chi connectivity index (χ3v) is 5.25. The summed E-state index contributed by atoms with van der Waals surface area (Å²) in [6.07, 6.45) is 1.02. The summed E-state index contributed by atoms with van der Waals surface area (Å²) in [6.45, 7) is 1.37. The lowest BCUT2D eigenvalue weighted by molar-refractivity contribution is -0.136. The minimum Gasteiger partial charge on any atom is -0.497 e. The number of fused-ring (bicyclic) bond motifs is 1. The molecule has 1 atom stereocenters. The van der Waals surface area contributed by atoms with Gasteiger partial charge in [-0.15, -0.1) is 0 Å². The van der Waals surface area contributed by atoms with Crippen molar-refractivity contribution in [2.75, 3.05) is 51.6 Å². The molecule has 0 saturated heterocycles. The zero-order valence-corrected chi connectivity index (χ0v) is 17.4. The van der Waals surface area contributed by atoms with Gasteiger partial charge >= 0.3 is 11.8 Å². The van der Waals surface area contributed by atoms with Gasteiger partial charge in [-0.25, -0.2) is 0 Å². The third kappa shape index (κ3) is 4.86. The lowest BCUT2D eigenvalue weighted by atomic mass is 10.0. The molecule has 29 heavy (non-hydrogen) atoms. The number of anilines is 2. The van der Waals surface area contributed by atoms with Crippen molar-refractivity contribution in [3.05, 3.63) is 53.6 Å². The maximum absolute atomic E-state index is 12.3. The number of nitrogens with zero attached hydrogens (tertiary/aromatic N) is 2. The summed E-state index contributed by atoms with van der Waals surface area (Å²) in [7, 11) is 7.60. The predicted molar refractivity (Wildman–Crippen MR) is 114 cm³/mol. The van der Waals surface area contributed by atoms with Crippen LogP contribution in [0.5, 0.6) is 5.75 Å². The smallest absolute Gasteiger partial charge is 0.313 e. The molecule has 0 spiro atoms. The van der Waals surface area contributed by atoms with Gasteiger partial charge in [0.05, 0.1) is 13.2 Å². The van der Waals surface area contributed by atoms with Crippen molar-refractivity contribution in [2.45, 2.75) is 12.5 Å². The molecule has 2 aromatic carbocycles. The maximum atomic E-state index is 12.3. The van der Waals surface area contributed by atoms with Gasteiger partial charge in [-0.05, 0) is 62.0 Å². The topological polar surface area (TPSA) is 73.9 Å². The Labute approximate surface area is 171 Å². The first kappa shape index (κ1) is 20.7. The monoisotopic (exact) mass is 396 g/mol. The van der Waals surface area contributed by atoms with Crippen LogP contribution in [0, 0.1) is 0 Å². The van der Waals surface area contributed by atoms with Crippen molar-refractivity contribution in [3.63, 3.8) is 0 Å². The Morgan fingerprint density at radius 2 is 1.86 bits per heavy atom. The largest absolute Gasteiger partial charge is 0.497 e. The van der Waals surface area contributed by atoms with Crippen molar-refractivity contribution in [3.8, 4) is 5.75 Å². The van der Waals surface area contributed by atoms with Crippen LogP contribution in [0.2, 0.25) is 0 Å². The second-order valence-corrected chi connectivity index (χ2v) is 7.43. The number of carbonyl (C=O) groups is 2. The van der Waals surface area contributed by atoms with Crippen LogP contribution in [0.3, 0.4) is 0 Å². The molecular formula is C22H28N4O3. The van der Waals surface area contributed by atoms with Crippen molar-refractivity contribution < 1.29 is 14.3 Å². The molecule has 1 heterocycles. The Morgan fingerprint density at radius 3 is 2.52 bits per heavy atom. The predicted octanol–water partition coefficient (Wildman–Crippen LogP) is 2.05. The molecule has 0 radical (unpaired) electrons. The molecule has 0 bridgehead atoms. The molecule has 7 heteroatoms. The SMILES string of the molecule is COc1ccc(NC(=O)C(=O)NC[C@@H](c2ccc3c(c2)CCN3C)N(C)C)cc1. The van der Waals surface area contributed by atoms with E-state index in [1.807, 2.05) is 19.0 Å². The van der Waals surface area contributed by atoms with E-state index < -0.39 is 11.8 Å². The summed E-state index contributed by atoms with van der Waals surface area (Å²) in [4.78, 5) is 28.8. The Kier molecular flexibility index (Phi) is 6.39. The molecule has 0 fully saturated rings. The van der Waals surface area contributed by atoms with Gasteiger partial charge < -0.3 is 25.2 Å². The van der Waals surface area contributed by atoms with Gasteiger partial charge in [0.1, 0.15) is 5.75 Å². The molecule has 0 aliphatic carbocycles. The van der Waals surface area contributed by atoms with E-state index in [0.29, 0.717) is 18.0 Å². The molecular weight excluding hydrogens is 368 g/mol. The zero-order chi connectivity index (χ0) is 21.0.